The number of hydrogen-bond acceptors (Lipinski definition) is 4. The molecule has 4 heterocycles. The lowest BCUT2D eigenvalue weighted by atomic mass is 9.97. The fourth-order valence-electron chi connectivity index (χ4n) is 4.32. The quantitative estimate of drug-likeness (QED) is 0.710. The average molecular weight is 407 g/mol. The number of pyridine rings is 1. The van der Waals surface area contributed by atoms with Gasteiger partial charge in [-0.15, -0.1) is 11.3 Å². The van der Waals surface area contributed by atoms with E-state index in [1.807, 2.05) is 40.6 Å². The van der Waals surface area contributed by atoms with Crippen LogP contribution in [0.4, 0.5) is 0 Å². The Bertz CT molecular complexity index is 1120. The third-order valence-corrected chi connectivity index (χ3v) is 6.89. The third kappa shape index (κ3) is 3.12. The number of aliphatic hydroxyl groups excluding tert-OH is 1. The van der Waals surface area contributed by atoms with Gasteiger partial charge >= 0.3 is 0 Å². The molecule has 0 bridgehead atoms. The zero-order valence-corrected chi connectivity index (χ0v) is 16.8. The Kier molecular flexibility index (Phi) is 4.60. The number of aryl methyl sites for hydroxylation is 1. The van der Waals surface area contributed by atoms with Crippen LogP contribution in [0.2, 0.25) is 0 Å². The number of likely N-dealkylation sites (tertiary alicyclic amines) is 1. The van der Waals surface area contributed by atoms with Gasteiger partial charge in [0.25, 0.3) is 11.5 Å². The van der Waals surface area contributed by atoms with Crippen molar-refractivity contribution in [2.45, 2.75) is 31.9 Å². The van der Waals surface area contributed by atoms with Gasteiger partial charge in [-0.1, -0.05) is 30.3 Å². The molecule has 0 saturated carbocycles. The summed E-state index contributed by atoms with van der Waals surface area (Å²) in [5.41, 5.74) is 3.88. The molecular weight excluding hydrogens is 384 g/mol. The van der Waals surface area contributed by atoms with Gasteiger partial charge in [-0.25, -0.2) is 0 Å². The molecule has 0 spiro atoms. The number of amides is 1. The molecule has 1 aromatic carbocycles. The van der Waals surface area contributed by atoms with Crippen LogP contribution in [0.5, 0.6) is 0 Å². The highest BCUT2D eigenvalue weighted by molar-refractivity contribution is 7.13. The number of carbonyl (C=O) groups excluding carboxylic acids is 1. The maximum atomic E-state index is 13.5. The van der Waals surface area contributed by atoms with E-state index in [1.165, 1.54) is 5.56 Å². The van der Waals surface area contributed by atoms with Crippen LogP contribution in [0.25, 0.3) is 21.7 Å². The van der Waals surface area contributed by atoms with Crippen LogP contribution in [-0.2, 0) is 13.0 Å². The SMILES string of the molecule is O=C(c1cc(-c2ccccc2)c(=O)n2c1-c1sccc1CC2)N1CCC(O)CC1. The largest absolute Gasteiger partial charge is 0.393 e. The van der Waals surface area contributed by atoms with Crippen molar-refractivity contribution in [3.63, 3.8) is 0 Å². The van der Waals surface area contributed by atoms with Crippen LogP contribution in [0.1, 0.15) is 28.8 Å². The fourth-order valence-corrected chi connectivity index (χ4v) is 5.35. The predicted octanol–water partition coefficient (Wildman–Crippen LogP) is 3.40. The maximum absolute atomic E-state index is 13.5. The number of thiophene rings is 1. The van der Waals surface area contributed by atoms with Gasteiger partial charge in [-0.2, -0.15) is 0 Å². The van der Waals surface area contributed by atoms with Gasteiger partial charge in [0.2, 0.25) is 0 Å². The lowest BCUT2D eigenvalue weighted by molar-refractivity contribution is 0.0546. The van der Waals surface area contributed by atoms with Gasteiger partial charge in [-0.05, 0) is 47.9 Å². The van der Waals surface area contributed by atoms with Gasteiger partial charge in [0.1, 0.15) is 0 Å². The lowest BCUT2D eigenvalue weighted by Gasteiger charge is -2.31. The van der Waals surface area contributed by atoms with Gasteiger partial charge in [0.15, 0.2) is 0 Å². The molecule has 5 rings (SSSR count). The molecule has 29 heavy (non-hydrogen) atoms. The van der Waals surface area contributed by atoms with Crippen LogP contribution < -0.4 is 5.56 Å². The van der Waals surface area contributed by atoms with Gasteiger partial charge in [-0.3, -0.25) is 9.59 Å². The zero-order valence-electron chi connectivity index (χ0n) is 16.0. The predicted molar refractivity (Wildman–Crippen MR) is 114 cm³/mol. The highest BCUT2D eigenvalue weighted by Crippen LogP contribution is 2.37. The normalized spacial score (nSPS) is 16.4. The van der Waals surface area contributed by atoms with Crippen LogP contribution in [0.15, 0.2) is 52.6 Å². The Balaban J connectivity index is 1.70. The van der Waals surface area contributed by atoms with E-state index in [4.69, 9.17) is 0 Å². The summed E-state index contributed by atoms with van der Waals surface area (Å²) in [4.78, 5) is 29.7. The number of nitrogens with zero attached hydrogens (tertiary/aromatic N) is 2. The van der Waals surface area contributed by atoms with E-state index in [2.05, 4.69) is 6.07 Å². The number of benzene rings is 1. The summed E-state index contributed by atoms with van der Waals surface area (Å²) in [6, 6.07) is 13.4. The third-order valence-electron chi connectivity index (χ3n) is 5.92. The second-order valence-electron chi connectivity index (χ2n) is 7.69. The average Bonchev–Trinajstić information content (AvgIpc) is 3.24. The Hall–Kier alpha value is -2.70. The van der Waals surface area contributed by atoms with Crippen molar-refractivity contribution in [3.8, 4) is 21.7 Å². The molecule has 6 heteroatoms. The van der Waals surface area contributed by atoms with Crippen molar-refractivity contribution in [2.24, 2.45) is 0 Å². The van der Waals surface area contributed by atoms with Gasteiger partial charge in [0, 0.05) is 25.2 Å². The second kappa shape index (κ2) is 7.28. The molecule has 3 aromatic rings. The van der Waals surface area contributed by atoms with Crippen LogP contribution in [0, 0.1) is 0 Å². The Morgan fingerprint density at radius 1 is 1.07 bits per heavy atom. The summed E-state index contributed by atoms with van der Waals surface area (Å²) < 4.78 is 1.78. The number of aliphatic hydroxyl groups is 1. The molecule has 2 aliphatic rings. The molecule has 2 aliphatic heterocycles. The Morgan fingerprint density at radius 3 is 2.59 bits per heavy atom. The molecule has 1 amide bonds. The van der Waals surface area contributed by atoms with E-state index in [0.717, 1.165) is 22.6 Å². The van der Waals surface area contributed by atoms with Crippen LogP contribution >= 0.6 is 11.3 Å². The highest BCUT2D eigenvalue weighted by atomic mass is 32.1. The molecule has 2 aromatic heterocycles. The minimum absolute atomic E-state index is 0.0455. The topological polar surface area (TPSA) is 62.5 Å². The number of aromatic nitrogens is 1. The summed E-state index contributed by atoms with van der Waals surface area (Å²) in [6.07, 6.45) is 1.65. The molecule has 148 valence electrons. The highest BCUT2D eigenvalue weighted by Gasteiger charge is 2.30. The smallest absolute Gasteiger partial charge is 0.258 e. The van der Waals surface area contributed by atoms with Crippen LogP contribution in [-0.4, -0.2) is 39.7 Å². The maximum Gasteiger partial charge on any atom is 0.258 e. The number of piperidine rings is 1. The van der Waals surface area contributed by atoms with E-state index in [1.54, 1.807) is 22.0 Å². The van der Waals surface area contributed by atoms with E-state index in [-0.39, 0.29) is 17.6 Å². The molecule has 1 fully saturated rings. The van der Waals surface area contributed by atoms with E-state index in [0.29, 0.717) is 43.6 Å². The monoisotopic (exact) mass is 406 g/mol. The number of fused-ring (bicyclic) bond motifs is 3. The van der Waals surface area contributed by atoms with Crippen molar-refractivity contribution >= 4 is 17.2 Å². The number of carbonyl (C=O) groups is 1. The minimum atomic E-state index is -0.338. The summed E-state index contributed by atoms with van der Waals surface area (Å²) >= 11 is 1.59. The molecule has 0 unspecified atom stereocenters. The van der Waals surface area contributed by atoms with Crippen molar-refractivity contribution < 1.29 is 9.90 Å². The van der Waals surface area contributed by atoms with Crippen molar-refractivity contribution in [1.29, 1.82) is 0 Å². The first-order valence-corrected chi connectivity index (χ1v) is 10.9. The lowest BCUT2D eigenvalue weighted by Crippen LogP contribution is -2.41. The van der Waals surface area contributed by atoms with Crippen molar-refractivity contribution in [2.75, 3.05) is 13.1 Å². The van der Waals surface area contributed by atoms with Gasteiger partial charge < -0.3 is 14.6 Å². The first kappa shape index (κ1) is 18.3. The van der Waals surface area contributed by atoms with Crippen LogP contribution in [0.3, 0.4) is 0 Å². The molecule has 0 aliphatic carbocycles. The molecule has 5 nitrogen and oxygen atoms in total. The number of hydrogen-bond donors (Lipinski definition) is 1. The summed E-state index contributed by atoms with van der Waals surface area (Å²) in [5.74, 6) is -0.0564. The minimum Gasteiger partial charge on any atom is -0.393 e. The molecule has 1 N–H and O–H groups in total. The molecule has 0 atom stereocenters. The van der Waals surface area contributed by atoms with Crippen molar-refractivity contribution in [3.05, 3.63) is 69.3 Å². The summed E-state index contributed by atoms with van der Waals surface area (Å²) in [7, 11) is 0. The number of rotatable bonds is 2. The standard InChI is InChI=1S/C23H22N2O3S/c26-17-7-10-24(11-8-17)22(27)19-14-18(15-4-2-1-3-5-15)23(28)25-12-6-16-9-13-29-21(16)20(19)25/h1-5,9,13-14,17,26H,6-8,10-12H2. The molecular formula is C23H22N2O3S. The Morgan fingerprint density at radius 2 is 1.83 bits per heavy atom. The second-order valence-corrected chi connectivity index (χ2v) is 8.61. The molecule has 0 radical (unpaired) electrons. The summed E-state index contributed by atoms with van der Waals surface area (Å²) in [5, 5.41) is 11.9. The first-order chi connectivity index (χ1) is 14.1. The fraction of sp³-hybridized carbons (Fsp3) is 0.304. The summed E-state index contributed by atoms with van der Waals surface area (Å²) in [6.45, 7) is 1.66. The zero-order chi connectivity index (χ0) is 20.0. The van der Waals surface area contributed by atoms with Gasteiger partial charge in [0.05, 0.1) is 22.2 Å². The molecule has 1 saturated heterocycles. The Labute approximate surface area is 172 Å². The van der Waals surface area contributed by atoms with E-state index in [9.17, 15) is 14.7 Å². The van der Waals surface area contributed by atoms with E-state index >= 15 is 0 Å². The van der Waals surface area contributed by atoms with E-state index < -0.39 is 0 Å². The van der Waals surface area contributed by atoms with Crippen molar-refractivity contribution in [1.82, 2.24) is 9.47 Å². The first-order valence-electron chi connectivity index (χ1n) is 10.0.